The van der Waals surface area contributed by atoms with Gasteiger partial charge in [-0.1, -0.05) is 0 Å². The highest BCUT2D eigenvalue weighted by Gasteiger charge is 2.23. The van der Waals surface area contributed by atoms with Crippen LogP contribution in [-0.2, 0) is 16.1 Å². The van der Waals surface area contributed by atoms with Crippen LogP contribution in [0.15, 0.2) is 18.2 Å². The van der Waals surface area contributed by atoms with E-state index in [1.165, 1.54) is 11.0 Å². The van der Waals surface area contributed by atoms with Gasteiger partial charge < -0.3 is 5.11 Å². The summed E-state index contributed by atoms with van der Waals surface area (Å²) in [6.45, 7) is -0.0446. The smallest absolute Gasteiger partial charge is 0.335 e. The van der Waals surface area contributed by atoms with Gasteiger partial charge in [0.05, 0.1) is 18.7 Å². The number of halogens is 1. The molecule has 100 valence electrons. The van der Waals surface area contributed by atoms with Crippen LogP contribution in [0.2, 0.25) is 0 Å². The first-order valence-corrected chi connectivity index (χ1v) is 5.52. The molecule has 0 atom stereocenters. The Morgan fingerprint density at radius 1 is 1.32 bits per heavy atom. The Morgan fingerprint density at radius 2 is 1.95 bits per heavy atom. The van der Waals surface area contributed by atoms with Crippen LogP contribution < -0.4 is 5.32 Å². The molecule has 2 N–H and O–H groups in total. The number of piperazine rings is 1. The van der Waals surface area contributed by atoms with E-state index in [4.69, 9.17) is 5.11 Å². The summed E-state index contributed by atoms with van der Waals surface area (Å²) in [4.78, 5) is 34.6. The summed E-state index contributed by atoms with van der Waals surface area (Å²) >= 11 is 0. The topological polar surface area (TPSA) is 86.7 Å². The molecule has 0 aromatic heterocycles. The molecule has 1 aromatic rings. The van der Waals surface area contributed by atoms with Gasteiger partial charge in [-0.05, 0) is 18.2 Å². The molecule has 1 aliphatic rings. The lowest BCUT2D eigenvalue weighted by molar-refractivity contribution is -0.136. The fourth-order valence-electron chi connectivity index (χ4n) is 1.88. The van der Waals surface area contributed by atoms with Gasteiger partial charge in [0.2, 0.25) is 11.8 Å². The lowest BCUT2D eigenvalue weighted by Gasteiger charge is -2.25. The Morgan fingerprint density at radius 3 is 2.53 bits per heavy atom. The van der Waals surface area contributed by atoms with Gasteiger partial charge in [-0.3, -0.25) is 19.8 Å². The molecule has 0 bridgehead atoms. The second-order valence-corrected chi connectivity index (χ2v) is 4.23. The fraction of sp³-hybridized carbons (Fsp3) is 0.250. The molecule has 0 radical (unpaired) electrons. The highest BCUT2D eigenvalue weighted by atomic mass is 19.1. The number of nitrogens with one attached hydrogen (secondary N) is 1. The number of aromatic carboxylic acids is 1. The molecule has 1 heterocycles. The van der Waals surface area contributed by atoms with Crippen molar-refractivity contribution in [3.05, 3.63) is 35.1 Å². The standard InChI is InChI=1S/C12H11FN2O4/c13-9-2-1-7(12(18)19)3-8(9)4-15-5-10(16)14-11(17)6-15/h1-3H,4-6H2,(H,18,19)(H,14,16,17). The highest BCUT2D eigenvalue weighted by Crippen LogP contribution is 2.14. The minimum absolute atomic E-state index is 0.00606. The molecule has 0 saturated carbocycles. The minimum Gasteiger partial charge on any atom is -0.478 e. The third kappa shape index (κ3) is 3.14. The van der Waals surface area contributed by atoms with E-state index in [2.05, 4.69) is 5.32 Å². The Hall–Kier alpha value is -2.28. The van der Waals surface area contributed by atoms with Crippen LogP contribution in [-0.4, -0.2) is 40.9 Å². The number of nitrogens with zero attached hydrogens (tertiary/aromatic N) is 1. The fourth-order valence-corrected chi connectivity index (χ4v) is 1.88. The highest BCUT2D eigenvalue weighted by molar-refractivity contribution is 5.99. The van der Waals surface area contributed by atoms with Gasteiger partial charge in [-0.2, -0.15) is 0 Å². The molecular weight excluding hydrogens is 255 g/mol. The van der Waals surface area contributed by atoms with Crippen molar-refractivity contribution in [3.8, 4) is 0 Å². The Bertz CT molecular complexity index is 543. The molecule has 2 rings (SSSR count). The number of amides is 2. The lowest BCUT2D eigenvalue weighted by atomic mass is 10.1. The Labute approximate surface area is 107 Å². The van der Waals surface area contributed by atoms with Crippen LogP contribution in [0.4, 0.5) is 4.39 Å². The number of rotatable bonds is 3. The average molecular weight is 266 g/mol. The molecule has 7 heteroatoms. The zero-order valence-corrected chi connectivity index (χ0v) is 9.85. The van der Waals surface area contributed by atoms with Gasteiger partial charge in [-0.25, -0.2) is 9.18 Å². The van der Waals surface area contributed by atoms with Gasteiger partial charge >= 0.3 is 5.97 Å². The predicted molar refractivity (Wildman–Crippen MR) is 61.8 cm³/mol. The first kappa shape index (κ1) is 13.2. The average Bonchev–Trinajstić information content (AvgIpc) is 2.30. The summed E-state index contributed by atoms with van der Waals surface area (Å²) in [5.41, 5.74) is 0.103. The van der Waals surface area contributed by atoms with E-state index in [0.29, 0.717) is 0 Å². The van der Waals surface area contributed by atoms with E-state index in [1.807, 2.05) is 0 Å². The van der Waals surface area contributed by atoms with Gasteiger partial charge in [-0.15, -0.1) is 0 Å². The Kier molecular flexibility index (Phi) is 3.57. The summed E-state index contributed by atoms with van der Waals surface area (Å²) in [7, 11) is 0. The molecule has 2 amide bonds. The number of carbonyl (C=O) groups is 3. The van der Waals surface area contributed by atoms with E-state index in [1.54, 1.807) is 0 Å². The SMILES string of the molecule is O=C1CN(Cc2cc(C(=O)O)ccc2F)CC(=O)N1. The number of hydrogen-bond acceptors (Lipinski definition) is 4. The monoisotopic (exact) mass is 266 g/mol. The van der Waals surface area contributed by atoms with Crippen molar-refractivity contribution in [1.82, 2.24) is 10.2 Å². The van der Waals surface area contributed by atoms with Crippen molar-refractivity contribution in [2.75, 3.05) is 13.1 Å². The molecule has 6 nitrogen and oxygen atoms in total. The number of carboxylic acids is 1. The molecule has 0 unspecified atom stereocenters. The number of carboxylic acid groups (broad SMARTS) is 1. The zero-order chi connectivity index (χ0) is 14.0. The van der Waals surface area contributed by atoms with E-state index < -0.39 is 23.6 Å². The van der Waals surface area contributed by atoms with Crippen molar-refractivity contribution in [2.24, 2.45) is 0 Å². The van der Waals surface area contributed by atoms with E-state index >= 15 is 0 Å². The molecule has 1 aliphatic heterocycles. The van der Waals surface area contributed by atoms with Gasteiger partial charge in [0.15, 0.2) is 0 Å². The summed E-state index contributed by atoms with van der Waals surface area (Å²) in [5.74, 6) is -2.63. The molecule has 0 spiro atoms. The number of hydrogen-bond donors (Lipinski definition) is 2. The van der Waals surface area contributed by atoms with Crippen LogP contribution >= 0.6 is 0 Å². The Balaban J connectivity index is 2.18. The number of benzene rings is 1. The van der Waals surface area contributed by atoms with Crippen LogP contribution in [0.1, 0.15) is 15.9 Å². The normalized spacial score (nSPS) is 16.3. The second-order valence-electron chi connectivity index (χ2n) is 4.23. The summed E-state index contributed by atoms with van der Waals surface area (Å²) in [5, 5.41) is 11.0. The van der Waals surface area contributed by atoms with Crippen LogP contribution in [0.5, 0.6) is 0 Å². The first-order valence-electron chi connectivity index (χ1n) is 5.52. The van der Waals surface area contributed by atoms with Crippen molar-refractivity contribution >= 4 is 17.8 Å². The van der Waals surface area contributed by atoms with E-state index in [-0.39, 0.29) is 30.8 Å². The minimum atomic E-state index is -1.16. The van der Waals surface area contributed by atoms with Crippen molar-refractivity contribution < 1.29 is 23.9 Å². The predicted octanol–water partition coefficient (Wildman–Crippen LogP) is -0.0177. The van der Waals surface area contributed by atoms with Crippen molar-refractivity contribution in [1.29, 1.82) is 0 Å². The molecule has 0 aliphatic carbocycles. The van der Waals surface area contributed by atoms with E-state index in [9.17, 15) is 18.8 Å². The van der Waals surface area contributed by atoms with E-state index in [0.717, 1.165) is 12.1 Å². The summed E-state index contributed by atoms with van der Waals surface area (Å²) < 4.78 is 13.6. The number of imide groups is 1. The first-order chi connectivity index (χ1) is 8.95. The third-order valence-corrected chi connectivity index (χ3v) is 2.70. The second kappa shape index (κ2) is 5.15. The maximum atomic E-state index is 13.6. The lowest BCUT2D eigenvalue weighted by Crippen LogP contribution is -2.50. The van der Waals surface area contributed by atoms with Gasteiger partial charge in [0, 0.05) is 12.1 Å². The molecule has 19 heavy (non-hydrogen) atoms. The quantitative estimate of drug-likeness (QED) is 0.751. The van der Waals surface area contributed by atoms with Crippen molar-refractivity contribution in [2.45, 2.75) is 6.54 Å². The largest absolute Gasteiger partial charge is 0.478 e. The molecule has 1 saturated heterocycles. The summed E-state index contributed by atoms with van der Waals surface area (Å²) in [6, 6.07) is 3.43. The maximum Gasteiger partial charge on any atom is 0.335 e. The van der Waals surface area contributed by atoms with Crippen molar-refractivity contribution in [3.63, 3.8) is 0 Å². The molecule has 1 fully saturated rings. The van der Waals surface area contributed by atoms with Crippen LogP contribution in [0.3, 0.4) is 0 Å². The zero-order valence-electron chi connectivity index (χ0n) is 9.85. The molecule has 1 aromatic carbocycles. The third-order valence-electron chi connectivity index (χ3n) is 2.70. The molecular formula is C12H11FN2O4. The van der Waals surface area contributed by atoms with Gasteiger partial charge in [0.1, 0.15) is 5.82 Å². The summed E-state index contributed by atoms with van der Waals surface area (Å²) in [6.07, 6.45) is 0. The van der Waals surface area contributed by atoms with Crippen LogP contribution in [0.25, 0.3) is 0 Å². The van der Waals surface area contributed by atoms with Crippen LogP contribution in [0, 0.1) is 5.82 Å². The maximum absolute atomic E-state index is 13.6. The van der Waals surface area contributed by atoms with Gasteiger partial charge in [0.25, 0.3) is 0 Å². The number of carbonyl (C=O) groups excluding carboxylic acids is 2.